The maximum Gasteiger partial charge on any atom is 0.243 e. The van der Waals surface area contributed by atoms with Crippen molar-refractivity contribution in [2.45, 2.75) is 70.5 Å². The molecule has 1 aliphatic rings. The summed E-state index contributed by atoms with van der Waals surface area (Å²) in [4.78, 5) is 28.4. The van der Waals surface area contributed by atoms with Gasteiger partial charge in [0.1, 0.15) is 6.04 Å². The van der Waals surface area contributed by atoms with E-state index in [4.69, 9.17) is 46.4 Å². The summed E-state index contributed by atoms with van der Waals surface area (Å²) in [7, 11) is 0. The van der Waals surface area contributed by atoms with Gasteiger partial charge in [0.2, 0.25) is 11.8 Å². The molecule has 33 heavy (non-hydrogen) atoms. The molecule has 2 aromatic rings. The minimum absolute atomic E-state index is 0.0500. The fraction of sp³-hybridized carbons (Fsp3) is 0.440. The van der Waals surface area contributed by atoms with E-state index in [9.17, 15) is 9.59 Å². The average molecular weight is 530 g/mol. The number of carbonyl (C=O) groups excluding carboxylic acids is 2. The second-order valence-corrected chi connectivity index (χ2v) is 10.1. The van der Waals surface area contributed by atoms with Gasteiger partial charge in [-0.2, -0.15) is 0 Å². The van der Waals surface area contributed by atoms with Crippen LogP contribution in [-0.2, 0) is 22.6 Å². The van der Waals surface area contributed by atoms with Crippen LogP contribution in [0.5, 0.6) is 0 Å². The van der Waals surface area contributed by atoms with Crippen molar-refractivity contribution in [3.05, 3.63) is 67.6 Å². The summed E-state index contributed by atoms with van der Waals surface area (Å²) in [6, 6.07) is 9.72. The Kier molecular flexibility index (Phi) is 9.75. The number of hydrogen-bond donors (Lipinski definition) is 1. The fourth-order valence-electron chi connectivity index (χ4n) is 4.23. The predicted molar refractivity (Wildman–Crippen MR) is 136 cm³/mol. The van der Waals surface area contributed by atoms with Gasteiger partial charge in [0.25, 0.3) is 0 Å². The molecule has 4 nitrogen and oxygen atoms in total. The van der Waals surface area contributed by atoms with Crippen LogP contribution in [0.25, 0.3) is 0 Å². The van der Waals surface area contributed by atoms with Gasteiger partial charge in [0.05, 0.1) is 6.42 Å². The van der Waals surface area contributed by atoms with Gasteiger partial charge < -0.3 is 10.2 Å². The van der Waals surface area contributed by atoms with Crippen LogP contribution in [0.2, 0.25) is 20.1 Å². The van der Waals surface area contributed by atoms with Gasteiger partial charge in [-0.05, 0) is 54.7 Å². The Balaban J connectivity index is 1.86. The predicted octanol–water partition coefficient (Wildman–Crippen LogP) is 7.10. The first-order chi connectivity index (χ1) is 15.8. The topological polar surface area (TPSA) is 49.4 Å². The van der Waals surface area contributed by atoms with E-state index in [2.05, 4.69) is 5.32 Å². The molecule has 0 heterocycles. The molecule has 1 atom stereocenters. The molecule has 0 saturated heterocycles. The Morgan fingerprint density at radius 3 is 2.06 bits per heavy atom. The van der Waals surface area contributed by atoms with Gasteiger partial charge in [0, 0.05) is 32.7 Å². The molecule has 1 unspecified atom stereocenters. The van der Waals surface area contributed by atoms with Crippen molar-refractivity contribution in [3.8, 4) is 0 Å². The lowest BCUT2D eigenvalue weighted by molar-refractivity contribution is -0.141. The quantitative estimate of drug-likeness (QED) is 0.396. The number of benzene rings is 2. The Morgan fingerprint density at radius 1 is 0.939 bits per heavy atom. The molecular weight excluding hydrogens is 502 g/mol. The fourth-order valence-corrected chi connectivity index (χ4v) is 5.17. The third-order valence-electron chi connectivity index (χ3n) is 6.05. The normalized spacial score (nSPS) is 15.2. The minimum Gasteiger partial charge on any atom is -0.352 e. The van der Waals surface area contributed by atoms with Gasteiger partial charge >= 0.3 is 0 Å². The van der Waals surface area contributed by atoms with E-state index in [1.165, 1.54) is 6.42 Å². The van der Waals surface area contributed by atoms with Crippen molar-refractivity contribution in [3.63, 3.8) is 0 Å². The lowest BCUT2D eigenvalue weighted by Gasteiger charge is -2.33. The molecule has 8 heteroatoms. The highest BCUT2D eigenvalue weighted by Gasteiger charge is 2.31. The standard InChI is InChI=1S/C25H28Cl4N2O2/c1-2-23(25(33)30-20-6-4-3-5-7-20)31(15-17-9-11-19(27)14-22(17)29)24(32)12-16-8-10-18(26)13-21(16)28/h8-11,13-14,20,23H,2-7,12,15H2,1H3,(H,30,33). The number of carbonyl (C=O) groups is 2. The SMILES string of the molecule is CCC(C(=O)NC1CCCCC1)N(Cc1ccc(Cl)cc1Cl)C(=O)Cc1ccc(Cl)cc1Cl. The number of hydrogen-bond acceptors (Lipinski definition) is 2. The maximum absolute atomic E-state index is 13.5. The lowest BCUT2D eigenvalue weighted by Crippen LogP contribution is -2.52. The van der Waals surface area contributed by atoms with E-state index < -0.39 is 6.04 Å². The first-order valence-corrected chi connectivity index (χ1v) is 12.8. The largest absolute Gasteiger partial charge is 0.352 e. The van der Waals surface area contributed by atoms with Crippen LogP contribution >= 0.6 is 46.4 Å². The number of amides is 2. The third kappa shape index (κ3) is 7.26. The van der Waals surface area contributed by atoms with Gasteiger partial charge in [-0.15, -0.1) is 0 Å². The molecular formula is C25H28Cl4N2O2. The van der Waals surface area contributed by atoms with Gasteiger partial charge in [0.15, 0.2) is 0 Å². The number of nitrogens with zero attached hydrogens (tertiary/aromatic N) is 1. The average Bonchev–Trinajstić information content (AvgIpc) is 2.77. The second-order valence-electron chi connectivity index (χ2n) is 8.44. The number of rotatable bonds is 8. The molecule has 3 rings (SSSR count). The van der Waals surface area contributed by atoms with Crippen LogP contribution in [0.15, 0.2) is 36.4 Å². The highest BCUT2D eigenvalue weighted by atomic mass is 35.5. The monoisotopic (exact) mass is 528 g/mol. The zero-order valence-corrected chi connectivity index (χ0v) is 21.6. The van der Waals surface area contributed by atoms with Gasteiger partial charge in [-0.3, -0.25) is 9.59 Å². The van der Waals surface area contributed by atoms with Crippen LogP contribution in [0.4, 0.5) is 0 Å². The van der Waals surface area contributed by atoms with Gasteiger partial charge in [-0.25, -0.2) is 0 Å². The summed E-state index contributed by atoms with van der Waals surface area (Å²) in [5.41, 5.74) is 1.38. The summed E-state index contributed by atoms with van der Waals surface area (Å²) in [5.74, 6) is -0.346. The van der Waals surface area contributed by atoms with E-state index in [0.29, 0.717) is 32.1 Å². The molecule has 0 aliphatic heterocycles. The van der Waals surface area contributed by atoms with Crippen molar-refractivity contribution in [1.82, 2.24) is 10.2 Å². The highest BCUT2D eigenvalue weighted by Crippen LogP contribution is 2.26. The Bertz CT molecular complexity index is 992. The first kappa shape index (κ1) is 26.2. The van der Waals surface area contributed by atoms with E-state index >= 15 is 0 Å². The van der Waals surface area contributed by atoms with Gasteiger partial charge in [-0.1, -0.05) is 84.7 Å². The molecule has 1 aliphatic carbocycles. The lowest BCUT2D eigenvalue weighted by atomic mass is 9.95. The minimum atomic E-state index is -0.628. The van der Waals surface area contributed by atoms with E-state index in [1.54, 1.807) is 41.3 Å². The molecule has 1 fully saturated rings. The molecule has 178 valence electrons. The zero-order valence-electron chi connectivity index (χ0n) is 18.6. The third-order valence-corrected chi connectivity index (χ3v) is 7.22. The molecule has 0 bridgehead atoms. The summed E-state index contributed by atoms with van der Waals surface area (Å²) in [6.07, 6.45) is 5.89. The van der Waals surface area contributed by atoms with Crippen molar-refractivity contribution in [1.29, 1.82) is 0 Å². The van der Waals surface area contributed by atoms with Crippen molar-refractivity contribution >= 4 is 58.2 Å². The first-order valence-electron chi connectivity index (χ1n) is 11.3. The van der Waals surface area contributed by atoms with Crippen molar-refractivity contribution in [2.24, 2.45) is 0 Å². The summed E-state index contributed by atoms with van der Waals surface area (Å²) < 4.78 is 0. The highest BCUT2D eigenvalue weighted by molar-refractivity contribution is 6.35. The van der Waals surface area contributed by atoms with E-state index in [0.717, 1.165) is 31.2 Å². The van der Waals surface area contributed by atoms with Crippen molar-refractivity contribution in [2.75, 3.05) is 0 Å². The Morgan fingerprint density at radius 2 is 1.52 bits per heavy atom. The number of nitrogens with one attached hydrogen (secondary N) is 1. The molecule has 1 N–H and O–H groups in total. The van der Waals surface area contributed by atoms with Crippen LogP contribution in [0, 0.1) is 0 Å². The molecule has 0 spiro atoms. The molecule has 2 aromatic carbocycles. The summed E-state index contributed by atoms with van der Waals surface area (Å²) >= 11 is 24.8. The van der Waals surface area contributed by atoms with E-state index in [-0.39, 0.29) is 30.8 Å². The van der Waals surface area contributed by atoms with Crippen LogP contribution < -0.4 is 5.32 Å². The maximum atomic E-state index is 13.5. The zero-order chi connectivity index (χ0) is 24.0. The van der Waals surface area contributed by atoms with Crippen LogP contribution in [-0.4, -0.2) is 28.8 Å². The van der Waals surface area contributed by atoms with E-state index in [1.807, 2.05) is 6.92 Å². The van der Waals surface area contributed by atoms with Crippen LogP contribution in [0.1, 0.15) is 56.6 Å². The summed E-state index contributed by atoms with van der Waals surface area (Å²) in [6.45, 7) is 2.10. The molecule has 0 aromatic heterocycles. The van der Waals surface area contributed by atoms with Crippen molar-refractivity contribution < 1.29 is 9.59 Å². The number of halogens is 4. The molecule has 2 amide bonds. The molecule has 1 saturated carbocycles. The summed E-state index contributed by atoms with van der Waals surface area (Å²) in [5, 5.41) is 5.05. The molecule has 0 radical (unpaired) electrons. The smallest absolute Gasteiger partial charge is 0.243 e. The van der Waals surface area contributed by atoms with Crippen LogP contribution in [0.3, 0.4) is 0 Å². The second kappa shape index (κ2) is 12.3. The Labute approximate surface area is 215 Å². The Hall–Kier alpha value is -1.46.